The molecule has 0 saturated heterocycles. The third-order valence-corrected chi connectivity index (χ3v) is 1.50. The minimum atomic E-state index is -0.383. The van der Waals surface area contributed by atoms with Crippen LogP contribution in [0.15, 0.2) is 29.3 Å². The molecule has 0 aliphatic rings. The van der Waals surface area contributed by atoms with Gasteiger partial charge in [-0.2, -0.15) is 0 Å². The van der Waals surface area contributed by atoms with Crippen molar-refractivity contribution in [2.24, 2.45) is 10.9 Å². The summed E-state index contributed by atoms with van der Waals surface area (Å²) in [6.07, 6.45) is 4.97. The average molecular weight is 209 g/mol. The Hall–Kier alpha value is -1.38. The van der Waals surface area contributed by atoms with Crippen molar-refractivity contribution >= 4 is 12.2 Å². The number of esters is 1. The lowest BCUT2D eigenvalue weighted by Crippen LogP contribution is -2.04. The van der Waals surface area contributed by atoms with Gasteiger partial charge >= 0.3 is 5.97 Å². The summed E-state index contributed by atoms with van der Waals surface area (Å²) in [6, 6.07) is 0. The van der Waals surface area contributed by atoms with Gasteiger partial charge in [0.15, 0.2) is 0 Å². The van der Waals surface area contributed by atoms with E-state index in [0.717, 1.165) is 6.54 Å². The molecule has 0 radical (unpaired) electrons. The minimum Gasteiger partial charge on any atom is -0.462 e. The molecular formula is C12H19NO2. The van der Waals surface area contributed by atoms with Crippen molar-refractivity contribution in [3.8, 4) is 0 Å². The second-order valence-corrected chi connectivity index (χ2v) is 3.51. The van der Waals surface area contributed by atoms with Gasteiger partial charge in [0.05, 0.1) is 12.2 Å². The second kappa shape index (κ2) is 7.97. The molecule has 15 heavy (non-hydrogen) atoms. The van der Waals surface area contributed by atoms with Crippen LogP contribution in [0.2, 0.25) is 0 Å². The van der Waals surface area contributed by atoms with Crippen molar-refractivity contribution in [1.82, 2.24) is 0 Å². The van der Waals surface area contributed by atoms with Crippen LogP contribution in [0.5, 0.6) is 0 Å². The largest absolute Gasteiger partial charge is 0.462 e. The molecule has 0 aliphatic carbocycles. The number of nitrogens with zero attached hydrogens (tertiary/aromatic N) is 1. The van der Waals surface area contributed by atoms with Crippen LogP contribution in [0.1, 0.15) is 20.8 Å². The number of carbonyl (C=O) groups is 1. The van der Waals surface area contributed by atoms with Gasteiger partial charge in [-0.25, -0.2) is 4.79 Å². The van der Waals surface area contributed by atoms with E-state index in [2.05, 4.69) is 25.4 Å². The molecule has 0 saturated carbocycles. The highest BCUT2D eigenvalue weighted by atomic mass is 16.5. The number of ether oxygens (including phenoxy) is 1. The number of rotatable bonds is 6. The van der Waals surface area contributed by atoms with Crippen molar-refractivity contribution in [3.63, 3.8) is 0 Å². The average Bonchev–Trinajstić information content (AvgIpc) is 2.16. The van der Waals surface area contributed by atoms with Crippen LogP contribution in [-0.2, 0) is 9.53 Å². The molecule has 3 heteroatoms. The molecule has 0 rings (SSSR count). The molecule has 0 aliphatic heterocycles. The molecule has 0 fully saturated rings. The predicted octanol–water partition coefficient (Wildman–Crippen LogP) is 2.39. The second-order valence-electron chi connectivity index (χ2n) is 3.51. The molecule has 0 unspecified atom stereocenters. The zero-order valence-corrected chi connectivity index (χ0v) is 9.69. The van der Waals surface area contributed by atoms with E-state index in [9.17, 15) is 4.79 Å². The zero-order valence-electron chi connectivity index (χ0n) is 9.69. The Labute approximate surface area is 91.5 Å². The summed E-state index contributed by atoms with van der Waals surface area (Å²) in [6.45, 7) is 10.7. The van der Waals surface area contributed by atoms with Crippen molar-refractivity contribution < 1.29 is 9.53 Å². The fraction of sp³-hybridized carbons (Fsp3) is 0.500. The lowest BCUT2D eigenvalue weighted by atomic mass is 10.2. The van der Waals surface area contributed by atoms with E-state index in [0.29, 0.717) is 18.1 Å². The Balaban J connectivity index is 3.91. The maximum Gasteiger partial charge on any atom is 0.337 e. The molecule has 0 heterocycles. The van der Waals surface area contributed by atoms with Crippen LogP contribution in [0.25, 0.3) is 0 Å². The Kier molecular flexibility index (Phi) is 7.24. The lowest BCUT2D eigenvalue weighted by Gasteiger charge is -1.99. The summed E-state index contributed by atoms with van der Waals surface area (Å²) in [5, 5.41) is 0. The van der Waals surface area contributed by atoms with Gasteiger partial charge in [0.25, 0.3) is 0 Å². The minimum absolute atomic E-state index is 0.341. The van der Waals surface area contributed by atoms with Gasteiger partial charge < -0.3 is 4.74 Å². The van der Waals surface area contributed by atoms with E-state index in [1.807, 2.05) is 0 Å². The van der Waals surface area contributed by atoms with Crippen molar-refractivity contribution in [2.45, 2.75) is 20.8 Å². The van der Waals surface area contributed by atoms with E-state index in [1.54, 1.807) is 25.3 Å². The van der Waals surface area contributed by atoms with E-state index in [-0.39, 0.29) is 5.97 Å². The van der Waals surface area contributed by atoms with Crippen LogP contribution >= 0.6 is 0 Å². The predicted molar refractivity (Wildman–Crippen MR) is 63.1 cm³/mol. The summed E-state index contributed by atoms with van der Waals surface area (Å²) < 4.78 is 4.76. The quantitative estimate of drug-likeness (QED) is 0.291. The van der Waals surface area contributed by atoms with Crippen molar-refractivity contribution in [3.05, 3.63) is 24.3 Å². The van der Waals surface area contributed by atoms with Crippen molar-refractivity contribution in [1.29, 1.82) is 0 Å². The molecule has 0 amide bonds. The fourth-order valence-corrected chi connectivity index (χ4v) is 0.784. The number of allylic oxidation sites excluding steroid dienone is 1. The Bertz CT molecular complexity index is 265. The SMILES string of the molecule is C=C(/C=C\C=N\CC(C)C)C(=O)OCC. The lowest BCUT2D eigenvalue weighted by molar-refractivity contribution is -0.138. The van der Waals surface area contributed by atoms with Crippen LogP contribution in [-0.4, -0.2) is 25.3 Å². The van der Waals surface area contributed by atoms with E-state index < -0.39 is 0 Å². The summed E-state index contributed by atoms with van der Waals surface area (Å²) in [5.41, 5.74) is 0.341. The highest BCUT2D eigenvalue weighted by Gasteiger charge is 2.01. The fourth-order valence-electron chi connectivity index (χ4n) is 0.784. The van der Waals surface area contributed by atoms with Gasteiger partial charge in [-0.1, -0.05) is 20.4 Å². The highest BCUT2D eigenvalue weighted by Crippen LogP contribution is 1.96. The molecule has 0 aromatic carbocycles. The molecule has 0 atom stereocenters. The number of hydrogen-bond donors (Lipinski definition) is 0. The van der Waals surface area contributed by atoms with Crippen LogP contribution < -0.4 is 0 Å². The van der Waals surface area contributed by atoms with Gasteiger partial charge in [-0.05, 0) is 25.0 Å². The third-order valence-electron chi connectivity index (χ3n) is 1.50. The summed E-state index contributed by atoms with van der Waals surface area (Å²) in [4.78, 5) is 15.2. The summed E-state index contributed by atoms with van der Waals surface area (Å²) in [7, 11) is 0. The van der Waals surface area contributed by atoms with Crippen LogP contribution in [0.4, 0.5) is 0 Å². The number of aliphatic imine (C=N–C) groups is 1. The van der Waals surface area contributed by atoms with Gasteiger partial charge in [0, 0.05) is 12.8 Å². The first-order valence-electron chi connectivity index (χ1n) is 5.10. The molecule has 0 aromatic rings. The molecular weight excluding hydrogens is 190 g/mol. The zero-order chi connectivity index (χ0) is 11.7. The van der Waals surface area contributed by atoms with E-state index >= 15 is 0 Å². The molecule has 0 aromatic heterocycles. The topological polar surface area (TPSA) is 38.7 Å². The molecule has 0 spiro atoms. The monoisotopic (exact) mass is 209 g/mol. The third kappa shape index (κ3) is 7.67. The van der Waals surface area contributed by atoms with Crippen LogP contribution in [0.3, 0.4) is 0 Å². The number of hydrogen-bond acceptors (Lipinski definition) is 3. The van der Waals surface area contributed by atoms with Gasteiger partial charge in [0.1, 0.15) is 0 Å². The maximum absolute atomic E-state index is 11.1. The highest BCUT2D eigenvalue weighted by molar-refractivity contribution is 5.92. The van der Waals surface area contributed by atoms with E-state index in [1.165, 1.54) is 0 Å². The molecule has 84 valence electrons. The number of carbonyl (C=O) groups excluding carboxylic acids is 1. The van der Waals surface area contributed by atoms with Gasteiger partial charge in [-0.15, -0.1) is 0 Å². The maximum atomic E-state index is 11.1. The summed E-state index contributed by atoms with van der Waals surface area (Å²) in [5.74, 6) is 0.161. The first-order valence-corrected chi connectivity index (χ1v) is 5.10. The normalized spacial score (nSPS) is 11.5. The Morgan fingerprint density at radius 3 is 2.73 bits per heavy atom. The Morgan fingerprint density at radius 2 is 2.20 bits per heavy atom. The Morgan fingerprint density at radius 1 is 1.53 bits per heavy atom. The molecule has 3 nitrogen and oxygen atoms in total. The standard InChI is InChI=1S/C12H19NO2/c1-5-15-12(14)11(4)7-6-8-13-9-10(2)3/h6-8,10H,4-5,9H2,1-3H3/b7-6-,13-8+. The van der Waals surface area contributed by atoms with Gasteiger partial charge in [-0.3, -0.25) is 4.99 Å². The van der Waals surface area contributed by atoms with Crippen molar-refractivity contribution in [2.75, 3.05) is 13.2 Å². The van der Waals surface area contributed by atoms with E-state index in [4.69, 9.17) is 4.74 Å². The smallest absolute Gasteiger partial charge is 0.337 e. The first kappa shape index (κ1) is 13.6. The molecule has 0 N–H and O–H groups in total. The first-order chi connectivity index (χ1) is 7.07. The van der Waals surface area contributed by atoms with Crippen LogP contribution in [0, 0.1) is 5.92 Å². The van der Waals surface area contributed by atoms with Gasteiger partial charge in [0.2, 0.25) is 0 Å². The summed E-state index contributed by atoms with van der Waals surface area (Å²) >= 11 is 0. The molecule has 0 bridgehead atoms.